The lowest BCUT2D eigenvalue weighted by molar-refractivity contribution is -0.137. The molecule has 1 aliphatic heterocycles. The molecule has 1 fully saturated rings. The van der Waals surface area contributed by atoms with Crippen LogP contribution in [-0.4, -0.2) is 25.0 Å². The summed E-state index contributed by atoms with van der Waals surface area (Å²) in [7, 11) is 0. The SMILES string of the molecule is O=C(/C=C/c1cc(C(F)(F)F)ccc1Cl)Nc1cccc(N2CCNC2=O)c1. The number of halogens is 4. The summed E-state index contributed by atoms with van der Waals surface area (Å²) in [4.78, 5) is 25.4. The fourth-order valence-corrected chi connectivity index (χ4v) is 2.85. The lowest BCUT2D eigenvalue weighted by Gasteiger charge is -2.15. The molecule has 0 saturated carbocycles. The van der Waals surface area contributed by atoms with E-state index in [0.29, 0.717) is 24.5 Å². The Morgan fingerprint density at radius 1 is 1.21 bits per heavy atom. The van der Waals surface area contributed by atoms with Gasteiger partial charge in [0, 0.05) is 35.6 Å². The summed E-state index contributed by atoms with van der Waals surface area (Å²) in [5, 5.41) is 5.39. The third kappa shape index (κ3) is 4.64. The molecular weight excluding hydrogens is 395 g/mol. The quantitative estimate of drug-likeness (QED) is 0.728. The van der Waals surface area contributed by atoms with Gasteiger partial charge in [-0.05, 0) is 48.0 Å². The van der Waals surface area contributed by atoms with Gasteiger partial charge in [0.2, 0.25) is 5.91 Å². The van der Waals surface area contributed by atoms with Crippen molar-refractivity contribution in [2.75, 3.05) is 23.3 Å². The smallest absolute Gasteiger partial charge is 0.336 e. The molecule has 146 valence electrons. The van der Waals surface area contributed by atoms with Gasteiger partial charge >= 0.3 is 12.2 Å². The van der Waals surface area contributed by atoms with Crippen molar-refractivity contribution in [2.45, 2.75) is 6.18 Å². The zero-order valence-corrected chi connectivity index (χ0v) is 15.1. The maximum absolute atomic E-state index is 12.8. The Balaban J connectivity index is 1.72. The van der Waals surface area contributed by atoms with Crippen LogP contribution in [0.4, 0.5) is 29.3 Å². The van der Waals surface area contributed by atoms with Crippen molar-refractivity contribution in [1.29, 1.82) is 0 Å². The summed E-state index contributed by atoms with van der Waals surface area (Å²) in [5.41, 5.74) is 0.294. The van der Waals surface area contributed by atoms with Crippen molar-refractivity contribution in [2.24, 2.45) is 0 Å². The fraction of sp³-hybridized carbons (Fsp3) is 0.158. The summed E-state index contributed by atoms with van der Waals surface area (Å²) >= 11 is 5.90. The van der Waals surface area contributed by atoms with E-state index in [1.165, 1.54) is 11.0 Å². The molecule has 1 saturated heterocycles. The molecule has 3 amide bonds. The van der Waals surface area contributed by atoms with E-state index in [9.17, 15) is 22.8 Å². The lowest BCUT2D eigenvalue weighted by atomic mass is 10.1. The van der Waals surface area contributed by atoms with Crippen molar-refractivity contribution in [3.05, 3.63) is 64.7 Å². The zero-order chi connectivity index (χ0) is 20.3. The molecule has 9 heteroatoms. The minimum atomic E-state index is -4.50. The molecule has 5 nitrogen and oxygen atoms in total. The molecule has 3 rings (SSSR count). The van der Waals surface area contributed by atoms with E-state index in [0.717, 1.165) is 24.3 Å². The summed E-state index contributed by atoms with van der Waals surface area (Å²) in [6, 6.07) is 9.35. The van der Waals surface area contributed by atoms with Gasteiger partial charge in [0.15, 0.2) is 0 Å². The van der Waals surface area contributed by atoms with E-state index in [-0.39, 0.29) is 16.6 Å². The van der Waals surface area contributed by atoms with E-state index in [4.69, 9.17) is 11.6 Å². The molecule has 0 aromatic heterocycles. The summed E-state index contributed by atoms with van der Waals surface area (Å²) in [5.74, 6) is -0.545. The number of alkyl halides is 3. The Morgan fingerprint density at radius 2 is 2.00 bits per heavy atom. The van der Waals surface area contributed by atoms with Gasteiger partial charge in [-0.15, -0.1) is 0 Å². The minimum absolute atomic E-state index is 0.0779. The Kier molecular flexibility index (Phi) is 5.60. The number of rotatable bonds is 4. The molecule has 0 spiro atoms. The van der Waals surface area contributed by atoms with Crippen LogP contribution in [0.2, 0.25) is 5.02 Å². The first kappa shape index (κ1) is 19.8. The summed E-state index contributed by atoms with van der Waals surface area (Å²) in [6.45, 7) is 1.06. The molecule has 2 aromatic carbocycles. The Bertz CT molecular complexity index is 944. The van der Waals surface area contributed by atoms with Crippen LogP contribution in [0.1, 0.15) is 11.1 Å². The normalized spacial score (nSPS) is 14.4. The average Bonchev–Trinajstić information content (AvgIpc) is 3.06. The number of carbonyl (C=O) groups is 2. The number of hydrogen-bond acceptors (Lipinski definition) is 2. The maximum atomic E-state index is 12.8. The maximum Gasteiger partial charge on any atom is 0.416 e. The van der Waals surface area contributed by atoms with Crippen LogP contribution in [0.15, 0.2) is 48.5 Å². The predicted octanol–water partition coefficient (Wildman–Crippen LogP) is 4.54. The van der Waals surface area contributed by atoms with Crippen LogP contribution in [0, 0.1) is 0 Å². The van der Waals surface area contributed by atoms with Gasteiger partial charge in [0.05, 0.1) is 5.56 Å². The number of amides is 3. The van der Waals surface area contributed by atoms with Crippen molar-refractivity contribution in [1.82, 2.24) is 5.32 Å². The van der Waals surface area contributed by atoms with E-state index < -0.39 is 17.6 Å². The zero-order valence-electron chi connectivity index (χ0n) is 14.4. The van der Waals surface area contributed by atoms with E-state index in [1.54, 1.807) is 24.3 Å². The first-order valence-corrected chi connectivity index (χ1v) is 8.63. The van der Waals surface area contributed by atoms with Crippen LogP contribution >= 0.6 is 11.6 Å². The van der Waals surface area contributed by atoms with Crippen LogP contribution < -0.4 is 15.5 Å². The molecule has 2 aromatic rings. The Labute approximate surface area is 163 Å². The predicted molar refractivity (Wildman–Crippen MR) is 101 cm³/mol. The number of nitrogens with zero attached hydrogens (tertiary/aromatic N) is 1. The van der Waals surface area contributed by atoms with Crippen LogP contribution in [0.25, 0.3) is 6.08 Å². The van der Waals surface area contributed by atoms with Gasteiger partial charge in [-0.2, -0.15) is 13.2 Å². The molecular formula is C19H15ClF3N3O2. The average molecular weight is 410 g/mol. The van der Waals surface area contributed by atoms with Crippen molar-refractivity contribution in [3.8, 4) is 0 Å². The standard InChI is InChI=1S/C19H15ClF3N3O2/c20-16-6-5-13(19(21,22)23)10-12(16)4-7-17(27)25-14-2-1-3-15(11-14)26-9-8-24-18(26)28/h1-7,10-11H,8-9H2,(H,24,28)(H,25,27)/b7-4+. The second kappa shape index (κ2) is 7.93. The number of anilines is 2. The molecule has 2 N–H and O–H groups in total. The van der Waals surface area contributed by atoms with Crippen molar-refractivity contribution < 1.29 is 22.8 Å². The first-order valence-electron chi connectivity index (χ1n) is 8.25. The van der Waals surface area contributed by atoms with Crippen molar-refractivity contribution >= 4 is 41.0 Å². The van der Waals surface area contributed by atoms with Gasteiger partial charge in [0.25, 0.3) is 0 Å². The molecule has 0 atom stereocenters. The number of urea groups is 1. The van der Waals surface area contributed by atoms with E-state index >= 15 is 0 Å². The van der Waals surface area contributed by atoms with Gasteiger partial charge in [-0.25, -0.2) is 4.79 Å². The number of carbonyl (C=O) groups excluding carboxylic acids is 2. The molecule has 0 unspecified atom stereocenters. The van der Waals surface area contributed by atoms with Gasteiger partial charge in [-0.1, -0.05) is 17.7 Å². The van der Waals surface area contributed by atoms with Gasteiger partial charge in [0.1, 0.15) is 0 Å². The van der Waals surface area contributed by atoms with Crippen LogP contribution in [-0.2, 0) is 11.0 Å². The minimum Gasteiger partial charge on any atom is -0.336 e. The summed E-state index contributed by atoms with van der Waals surface area (Å²) < 4.78 is 38.4. The van der Waals surface area contributed by atoms with E-state index in [2.05, 4.69) is 10.6 Å². The number of hydrogen-bond donors (Lipinski definition) is 2. The molecule has 0 aliphatic carbocycles. The topological polar surface area (TPSA) is 61.4 Å². The second-order valence-electron chi connectivity index (χ2n) is 5.99. The van der Waals surface area contributed by atoms with E-state index in [1.807, 2.05) is 0 Å². The summed E-state index contributed by atoms with van der Waals surface area (Å²) in [6.07, 6.45) is -2.20. The van der Waals surface area contributed by atoms with Crippen molar-refractivity contribution in [3.63, 3.8) is 0 Å². The number of nitrogens with one attached hydrogen (secondary N) is 2. The highest BCUT2D eigenvalue weighted by Gasteiger charge is 2.30. The fourth-order valence-electron chi connectivity index (χ4n) is 2.67. The molecule has 1 aliphatic rings. The number of benzene rings is 2. The highest BCUT2D eigenvalue weighted by molar-refractivity contribution is 6.32. The lowest BCUT2D eigenvalue weighted by Crippen LogP contribution is -2.27. The molecule has 1 heterocycles. The highest BCUT2D eigenvalue weighted by atomic mass is 35.5. The van der Waals surface area contributed by atoms with Gasteiger partial charge < -0.3 is 10.6 Å². The largest absolute Gasteiger partial charge is 0.416 e. The molecule has 0 bridgehead atoms. The Hall–Kier alpha value is -3.00. The van der Waals surface area contributed by atoms with Crippen LogP contribution in [0.3, 0.4) is 0 Å². The van der Waals surface area contributed by atoms with Gasteiger partial charge in [-0.3, -0.25) is 9.69 Å². The van der Waals surface area contributed by atoms with Crippen LogP contribution in [0.5, 0.6) is 0 Å². The third-order valence-electron chi connectivity index (χ3n) is 4.02. The Morgan fingerprint density at radius 3 is 2.68 bits per heavy atom. The first-order chi connectivity index (χ1) is 13.2. The second-order valence-corrected chi connectivity index (χ2v) is 6.40. The molecule has 0 radical (unpaired) electrons. The highest BCUT2D eigenvalue weighted by Crippen LogP contribution is 2.32. The molecule has 28 heavy (non-hydrogen) atoms. The third-order valence-corrected chi connectivity index (χ3v) is 4.36. The monoisotopic (exact) mass is 409 g/mol.